The molecule has 0 saturated heterocycles. The van der Waals surface area contributed by atoms with E-state index in [9.17, 15) is 9.18 Å². The molecule has 1 aromatic carbocycles. The first-order chi connectivity index (χ1) is 12.6. The van der Waals surface area contributed by atoms with E-state index in [4.69, 9.17) is 11.6 Å². The van der Waals surface area contributed by atoms with Gasteiger partial charge in [0, 0.05) is 5.75 Å². The molecular weight excluding hydrogens is 393 g/mol. The fourth-order valence-electron chi connectivity index (χ4n) is 2.49. The Balaban J connectivity index is 1.80. The van der Waals surface area contributed by atoms with Crippen LogP contribution in [0.4, 0.5) is 4.39 Å². The second kappa shape index (κ2) is 7.19. The summed E-state index contributed by atoms with van der Waals surface area (Å²) in [6.45, 7) is 0. The van der Waals surface area contributed by atoms with Crippen molar-refractivity contribution in [1.82, 2.24) is 14.5 Å². The quantitative estimate of drug-likeness (QED) is 0.275. The van der Waals surface area contributed by atoms with Gasteiger partial charge in [0.2, 0.25) is 0 Å². The Kier molecular flexibility index (Phi) is 4.76. The molecule has 0 spiro atoms. The van der Waals surface area contributed by atoms with E-state index in [1.165, 1.54) is 46.0 Å². The van der Waals surface area contributed by atoms with Crippen molar-refractivity contribution in [2.45, 2.75) is 10.9 Å². The molecule has 4 nitrogen and oxygen atoms in total. The molecule has 0 aliphatic rings. The number of hydrogen-bond donors (Lipinski definition) is 0. The van der Waals surface area contributed by atoms with Crippen molar-refractivity contribution in [3.8, 4) is 5.69 Å². The van der Waals surface area contributed by atoms with Crippen LogP contribution >= 0.6 is 34.7 Å². The molecule has 0 radical (unpaired) electrons. The highest BCUT2D eigenvalue weighted by Gasteiger charge is 2.15. The molecule has 3 aromatic heterocycles. The van der Waals surface area contributed by atoms with Gasteiger partial charge >= 0.3 is 0 Å². The van der Waals surface area contributed by atoms with Crippen LogP contribution in [0.5, 0.6) is 0 Å². The highest BCUT2D eigenvalue weighted by atomic mass is 35.5. The summed E-state index contributed by atoms with van der Waals surface area (Å²) in [6, 6.07) is 11.6. The van der Waals surface area contributed by atoms with E-state index in [1.807, 2.05) is 17.5 Å². The predicted molar refractivity (Wildman–Crippen MR) is 104 cm³/mol. The highest BCUT2D eigenvalue weighted by molar-refractivity contribution is 7.98. The third-order valence-electron chi connectivity index (χ3n) is 3.68. The molecule has 0 aliphatic carbocycles. The summed E-state index contributed by atoms with van der Waals surface area (Å²) < 4.78 is 15.5. The van der Waals surface area contributed by atoms with Crippen LogP contribution in [0.3, 0.4) is 0 Å². The summed E-state index contributed by atoms with van der Waals surface area (Å²) in [5.74, 6) is 0.199. The number of hydrogen-bond acceptors (Lipinski definition) is 5. The van der Waals surface area contributed by atoms with Crippen molar-refractivity contribution in [1.29, 1.82) is 0 Å². The van der Waals surface area contributed by atoms with Gasteiger partial charge in [0.25, 0.3) is 5.56 Å². The summed E-state index contributed by atoms with van der Waals surface area (Å²) >= 11 is 8.58. The maximum Gasteiger partial charge on any atom is 0.276 e. The topological polar surface area (TPSA) is 47.8 Å². The van der Waals surface area contributed by atoms with Crippen LogP contribution in [-0.4, -0.2) is 14.5 Å². The smallest absolute Gasteiger partial charge is 0.267 e. The van der Waals surface area contributed by atoms with Gasteiger partial charge in [-0.15, -0.1) is 11.3 Å². The molecule has 0 amide bonds. The minimum atomic E-state index is -0.288. The standard InChI is InChI=1S/C18H11ClFN3OS2/c19-15-5-4-13(9-21-15)23-17(24)16-14(6-7-25-16)22-18(23)26-10-11-2-1-3-12(20)8-11/h1-9H,10H2. The van der Waals surface area contributed by atoms with Crippen LogP contribution in [0.1, 0.15) is 5.56 Å². The lowest BCUT2D eigenvalue weighted by Crippen LogP contribution is -2.21. The Morgan fingerprint density at radius 2 is 2.12 bits per heavy atom. The number of thiophene rings is 1. The second-order valence-electron chi connectivity index (χ2n) is 5.43. The SMILES string of the molecule is O=c1c2sccc2nc(SCc2cccc(F)c2)n1-c1ccc(Cl)nc1. The molecule has 4 rings (SSSR count). The van der Waals surface area contributed by atoms with Crippen molar-refractivity contribution in [3.63, 3.8) is 0 Å². The van der Waals surface area contributed by atoms with E-state index in [0.29, 0.717) is 32.0 Å². The summed E-state index contributed by atoms with van der Waals surface area (Å²) in [5.41, 5.74) is 1.90. The lowest BCUT2D eigenvalue weighted by atomic mass is 10.2. The molecule has 3 heterocycles. The minimum absolute atomic E-state index is 0.157. The number of thioether (sulfide) groups is 1. The van der Waals surface area contributed by atoms with E-state index < -0.39 is 0 Å². The third-order valence-corrected chi connectivity index (χ3v) is 5.80. The average Bonchev–Trinajstić information content (AvgIpc) is 3.10. The molecule has 0 N–H and O–H groups in total. The van der Waals surface area contributed by atoms with Crippen molar-refractivity contribution in [2.24, 2.45) is 0 Å². The van der Waals surface area contributed by atoms with Gasteiger partial charge < -0.3 is 0 Å². The van der Waals surface area contributed by atoms with Gasteiger partial charge in [-0.25, -0.2) is 14.4 Å². The van der Waals surface area contributed by atoms with Crippen LogP contribution in [0.15, 0.2) is 64.0 Å². The minimum Gasteiger partial charge on any atom is -0.267 e. The Hall–Kier alpha value is -2.22. The predicted octanol–water partition coefficient (Wildman–Crippen LogP) is 4.93. The lowest BCUT2D eigenvalue weighted by Gasteiger charge is -2.12. The molecule has 0 bridgehead atoms. The molecule has 0 fully saturated rings. The van der Waals surface area contributed by atoms with Gasteiger partial charge in [-0.05, 0) is 41.3 Å². The zero-order valence-electron chi connectivity index (χ0n) is 13.2. The monoisotopic (exact) mass is 403 g/mol. The van der Waals surface area contributed by atoms with Crippen LogP contribution in [0.2, 0.25) is 5.15 Å². The van der Waals surface area contributed by atoms with Crippen molar-refractivity contribution < 1.29 is 4.39 Å². The zero-order chi connectivity index (χ0) is 18.1. The van der Waals surface area contributed by atoms with E-state index in [2.05, 4.69) is 9.97 Å². The summed E-state index contributed by atoms with van der Waals surface area (Å²) in [4.78, 5) is 21.6. The Labute approximate surface area is 161 Å². The first-order valence-electron chi connectivity index (χ1n) is 7.61. The number of pyridine rings is 1. The largest absolute Gasteiger partial charge is 0.276 e. The zero-order valence-corrected chi connectivity index (χ0v) is 15.6. The molecule has 0 saturated carbocycles. The summed E-state index contributed by atoms with van der Waals surface area (Å²) in [6.07, 6.45) is 1.54. The van der Waals surface area contributed by atoms with E-state index in [1.54, 1.807) is 18.2 Å². The molecule has 130 valence electrons. The van der Waals surface area contributed by atoms with E-state index in [0.717, 1.165) is 5.56 Å². The number of benzene rings is 1. The summed E-state index contributed by atoms with van der Waals surface area (Å²) in [7, 11) is 0. The van der Waals surface area contributed by atoms with Gasteiger partial charge in [-0.1, -0.05) is 35.5 Å². The number of nitrogens with zero attached hydrogens (tertiary/aromatic N) is 3. The number of halogens is 2. The van der Waals surface area contributed by atoms with Crippen LogP contribution < -0.4 is 5.56 Å². The Bertz CT molecular complexity index is 1140. The Morgan fingerprint density at radius 1 is 1.23 bits per heavy atom. The molecular formula is C18H11ClFN3OS2. The second-order valence-corrected chi connectivity index (χ2v) is 7.67. The Morgan fingerprint density at radius 3 is 2.88 bits per heavy atom. The van der Waals surface area contributed by atoms with Crippen molar-refractivity contribution in [2.75, 3.05) is 0 Å². The molecule has 4 aromatic rings. The fraction of sp³-hybridized carbons (Fsp3) is 0.0556. The number of fused-ring (bicyclic) bond motifs is 1. The lowest BCUT2D eigenvalue weighted by molar-refractivity contribution is 0.626. The molecule has 0 atom stereocenters. The van der Waals surface area contributed by atoms with E-state index in [-0.39, 0.29) is 11.4 Å². The normalized spacial score (nSPS) is 11.2. The molecule has 0 unspecified atom stereocenters. The first kappa shape index (κ1) is 17.2. The van der Waals surface area contributed by atoms with E-state index >= 15 is 0 Å². The van der Waals surface area contributed by atoms with Crippen molar-refractivity contribution in [3.05, 3.63) is 80.9 Å². The van der Waals surface area contributed by atoms with Gasteiger partial charge in [0.05, 0.1) is 17.4 Å². The van der Waals surface area contributed by atoms with Gasteiger partial charge in [0.15, 0.2) is 5.16 Å². The first-order valence-corrected chi connectivity index (χ1v) is 9.85. The van der Waals surface area contributed by atoms with Crippen molar-refractivity contribution >= 4 is 44.9 Å². The van der Waals surface area contributed by atoms with Crippen LogP contribution in [0.25, 0.3) is 15.9 Å². The average molecular weight is 404 g/mol. The van der Waals surface area contributed by atoms with Gasteiger partial charge in [-0.2, -0.15) is 0 Å². The number of aromatic nitrogens is 3. The number of rotatable bonds is 4. The third kappa shape index (κ3) is 3.38. The molecule has 8 heteroatoms. The molecule has 26 heavy (non-hydrogen) atoms. The van der Waals surface area contributed by atoms with Gasteiger partial charge in [-0.3, -0.25) is 9.36 Å². The maximum absolute atomic E-state index is 13.4. The van der Waals surface area contributed by atoms with Crippen LogP contribution in [-0.2, 0) is 5.75 Å². The maximum atomic E-state index is 13.4. The van der Waals surface area contributed by atoms with Crippen LogP contribution in [0, 0.1) is 5.82 Å². The summed E-state index contributed by atoms with van der Waals surface area (Å²) in [5, 5.41) is 2.71. The fourth-order valence-corrected chi connectivity index (χ4v) is 4.32. The van der Waals surface area contributed by atoms with Gasteiger partial charge in [0.1, 0.15) is 15.7 Å². The molecule has 0 aliphatic heterocycles. The highest BCUT2D eigenvalue weighted by Crippen LogP contribution is 2.26.